The van der Waals surface area contributed by atoms with Crippen molar-refractivity contribution in [1.29, 1.82) is 0 Å². The van der Waals surface area contributed by atoms with Gasteiger partial charge < -0.3 is 20.1 Å². The number of carbonyl (C=O) groups is 2. The molecule has 0 atom stereocenters. The van der Waals surface area contributed by atoms with Gasteiger partial charge in [0.1, 0.15) is 5.69 Å². The first kappa shape index (κ1) is 21.2. The lowest BCUT2D eigenvalue weighted by atomic mass is 9.93. The highest BCUT2D eigenvalue weighted by Crippen LogP contribution is 2.24. The van der Waals surface area contributed by atoms with E-state index >= 15 is 0 Å². The number of hydrogen-bond acceptors (Lipinski definition) is 3. The van der Waals surface area contributed by atoms with Gasteiger partial charge >= 0.3 is 0 Å². The second kappa shape index (κ2) is 9.84. The molecule has 7 heteroatoms. The van der Waals surface area contributed by atoms with E-state index in [2.05, 4.69) is 15.2 Å². The van der Waals surface area contributed by atoms with Crippen molar-refractivity contribution >= 4 is 34.3 Å². The predicted octanol–water partition coefficient (Wildman–Crippen LogP) is 3.67. The number of fused-ring (bicyclic) bond motifs is 1. The molecular formula is C23H31ClN4O2. The van der Waals surface area contributed by atoms with Crippen molar-refractivity contribution in [2.24, 2.45) is 5.92 Å². The molecule has 2 aliphatic heterocycles. The Balaban J connectivity index is 1.18. The first-order chi connectivity index (χ1) is 14.6. The van der Waals surface area contributed by atoms with E-state index in [1.807, 2.05) is 29.2 Å². The van der Waals surface area contributed by atoms with E-state index in [4.69, 9.17) is 11.6 Å². The average molecular weight is 431 g/mol. The van der Waals surface area contributed by atoms with Crippen LogP contribution in [0.2, 0.25) is 5.02 Å². The summed E-state index contributed by atoms with van der Waals surface area (Å²) < 4.78 is 0. The Labute approximate surface area is 182 Å². The molecule has 2 fully saturated rings. The molecule has 6 nitrogen and oxygen atoms in total. The van der Waals surface area contributed by atoms with Crippen LogP contribution in [0.25, 0.3) is 10.9 Å². The van der Waals surface area contributed by atoms with Crippen LogP contribution in [0.5, 0.6) is 0 Å². The quantitative estimate of drug-likeness (QED) is 0.658. The molecule has 30 heavy (non-hydrogen) atoms. The summed E-state index contributed by atoms with van der Waals surface area (Å²) in [5.74, 6) is 0.523. The molecule has 2 aromatic rings. The molecule has 0 saturated carbocycles. The number of nitrogens with one attached hydrogen (secondary N) is 2. The zero-order valence-electron chi connectivity index (χ0n) is 17.5. The van der Waals surface area contributed by atoms with Gasteiger partial charge in [-0.2, -0.15) is 0 Å². The van der Waals surface area contributed by atoms with Gasteiger partial charge in [0.05, 0.1) is 0 Å². The summed E-state index contributed by atoms with van der Waals surface area (Å²) in [4.78, 5) is 32.6. The first-order valence-electron chi connectivity index (χ1n) is 11.1. The van der Waals surface area contributed by atoms with Gasteiger partial charge in [0.2, 0.25) is 5.91 Å². The van der Waals surface area contributed by atoms with Crippen LogP contribution in [0, 0.1) is 5.92 Å². The number of benzene rings is 1. The lowest BCUT2D eigenvalue weighted by Crippen LogP contribution is -2.40. The van der Waals surface area contributed by atoms with E-state index in [0.717, 1.165) is 43.3 Å². The number of likely N-dealkylation sites (tertiary alicyclic amines) is 2. The van der Waals surface area contributed by atoms with Crippen molar-refractivity contribution in [3.8, 4) is 0 Å². The summed E-state index contributed by atoms with van der Waals surface area (Å²) in [7, 11) is 0. The maximum absolute atomic E-state index is 12.8. The summed E-state index contributed by atoms with van der Waals surface area (Å²) in [6, 6.07) is 7.44. The SMILES string of the molecule is O=C(CC1CCN(C(=O)c2cc3cc(Cl)ccc3[nH]2)CC1)NCCCN1CCCC1. The molecule has 2 amide bonds. The van der Waals surface area contributed by atoms with Gasteiger partial charge in [0.15, 0.2) is 0 Å². The first-order valence-corrected chi connectivity index (χ1v) is 11.5. The molecule has 0 radical (unpaired) electrons. The summed E-state index contributed by atoms with van der Waals surface area (Å²) in [5.41, 5.74) is 1.51. The van der Waals surface area contributed by atoms with Gasteiger partial charge in [0.25, 0.3) is 5.91 Å². The normalized spacial score (nSPS) is 18.2. The van der Waals surface area contributed by atoms with Gasteiger partial charge in [-0.05, 0) is 81.9 Å². The molecule has 1 aromatic carbocycles. The van der Waals surface area contributed by atoms with Crippen LogP contribution in [0.3, 0.4) is 0 Å². The fraction of sp³-hybridized carbons (Fsp3) is 0.565. The Kier molecular flexibility index (Phi) is 6.95. The molecule has 3 heterocycles. The third-order valence-corrected chi connectivity index (χ3v) is 6.60. The van der Waals surface area contributed by atoms with Crippen LogP contribution in [0.15, 0.2) is 24.3 Å². The summed E-state index contributed by atoms with van der Waals surface area (Å²) in [6.07, 6.45) is 5.95. The van der Waals surface area contributed by atoms with E-state index < -0.39 is 0 Å². The van der Waals surface area contributed by atoms with Crippen molar-refractivity contribution < 1.29 is 9.59 Å². The number of hydrogen-bond donors (Lipinski definition) is 2. The summed E-state index contributed by atoms with van der Waals surface area (Å²) >= 11 is 6.04. The highest BCUT2D eigenvalue weighted by atomic mass is 35.5. The van der Waals surface area contributed by atoms with Crippen LogP contribution >= 0.6 is 11.6 Å². The molecule has 2 saturated heterocycles. The highest BCUT2D eigenvalue weighted by Gasteiger charge is 2.26. The van der Waals surface area contributed by atoms with Gasteiger partial charge in [-0.1, -0.05) is 11.6 Å². The van der Waals surface area contributed by atoms with Crippen LogP contribution in [-0.4, -0.2) is 65.9 Å². The Morgan fingerprint density at radius 3 is 2.63 bits per heavy atom. The summed E-state index contributed by atoms with van der Waals surface area (Å²) in [6.45, 7) is 5.65. The monoisotopic (exact) mass is 430 g/mol. The number of carbonyl (C=O) groups excluding carboxylic acids is 2. The Hall–Kier alpha value is -2.05. The van der Waals surface area contributed by atoms with Crippen LogP contribution in [0.4, 0.5) is 0 Å². The van der Waals surface area contributed by atoms with E-state index in [1.165, 1.54) is 25.9 Å². The van der Waals surface area contributed by atoms with Gasteiger partial charge in [-0.3, -0.25) is 9.59 Å². The Morgan fingerprint density at radius 2 is 1.87 bits per heavy atom. The zero-order valence-corrected chi connectivity index (χ0v) is 18.2. The largest absolute Gasteiger partial charge is 0.356 e. The fourth-order valence-corrected chi connectivity index (χ4v) is 4.78. The predicted molar refractivity (Wildman–Crippen MR) is 120 cm³/mol. The minimum absolute atomic E-state index is 0.0205. The van der Waals surface area contributed by atoms with Crippen LogP contribution in [0.1, 0.15) is 49.0 Å². The highest BCUT2D eigenvalue weighted by molar-refractivity contribution is 6.31. The molecule has 0 aliphatic carbocycles. The number of rotatable bonds is 7. The minimum Gasteiger partial charge on any atom is -0.356 e. The lowest BCUT2D eigenvalue weighted by Gasteiger charge is -2.31. The summed E-state index contributed by atoms with van der Waals surface area (Å²) in [5, 5.41) is 4.68. The maximum atomic E-state index is 12.8. The van der Waals surface area contributed by atoms with Crippen molar-refractivity contribution in [2.75, 3.05) is 39.3 Å². The van der Waals surface area contributed by atoms with Crippen molar-refractivity contribution in [3.63, 3.8) is 0 Å². The van der Waals surface area contributed by atoms with E-state index in [0.29, 0.717) is 36.1 Å². The minimum atomic E-state index is 0.0205. The van der Waals surface area contributed by atoms with Gasteiger partial charge in [-0.25, -0.2) is 0 Å². The number of amides is 2. The Morgan fingerprint density at radius 1 is 1.10 bits per heavy atom. The second-order valence-electron chi connectivity index (χ2n) is 8.61. The van der Waals surface area contributed by atoms with E-state index in [-0.39, 0.29) is 11.8 Å². The zero-order chi connectivity index (χ0) is 20.9. The van der Waals surface area contributed by atoms with Crippen molar-refractivity contribution in [1.82, 2.24) is 20.1 Å². The average Bonchev–Trinajstić information content (AvgIpc) is 3.40. The number of aromatic amines is 1. The maximum Gasteiger partial charge on any atom is 0.270 e. The number of aromatic nitrogens is 1. The lowest BCUT2D eigenvalue weighted by molar-refractivity contribution is -0.122. The van der Waals surface area contributed by atoms with Crippen molar-refractivity contribution in [3.05, 3.63) is 35.0 Å². The molecule has 1 aromatic heterocycles. The molecular weight excluding hydrogens is 400 g/mol. The molecule has 4 rings (SSSR count). The molecule has 0 spiro atoms. The van der Waals surface area contributed by atoms with Crippen molar-refractivity contribution in [2.45, 2.75) is 38.5 Å². The molecule has 0 bridgehead atoms. The Bertz CT molecular complexity index is 882. The molecule has 0 unspecified atom stereocenters. The van der Waals surface area contributed by atoms with Crippen LogP contribution < -0.4 is 5.32 Å². The second-order valence-corrected chi connectivity index (χ2v) is 9.04. The van der Waals surface area contributed by atoms with E-state index in [9.17, 15) is 9.59 Å². The number of halogens is 1. The smallest absolute Gasteiger partial charge is 0.270 e. The molecule has 162 valence electrons. The number of piperidine rings is 1. The standard InChI is InChI=1S/C23H31ClN4O2/c24-19-4-5-20-18(15-19)16-21(26-20)23(30)28-12-6-17(7-13-28)14-22(29)25-8-3-11-27-9-1-2-10-27/h4-5,15-17,26H,1-3,6-14H2,(H,25,29). The number of nitrogens with zero attached hydrogens (tertiary/aromatic N) is 2. The molecule has 2 N–H and O–H groups in total. The van der Waals surface area contributed by atoms with Gasteiger partial charge in [0, 0.05) is 42.0 Å². The van der Waals surface area contributed by atoms with E-state index in [1.54, 1.807) is 0 Å². The number of H-pyrrole nitrogens is 1. The molecule has 2 aliphatic rings. The topological polar surface area (TPSA) is 68.4 Å². The third-order valence-electron chi connectivity index (χ3n) is 6.36. The third kappa shape index (κ3) is 5.35. The van der Waals surface area contributed by atoms with Gasteiger partial charge in [-0.15, -0.1) is 0 Å². The van der Waals surface area contributed by atoms with Crippen LogP contribution in [-0.2, 0) is 4.79 Å². The fourth-order valence-electron chi connectivity index (χ4n) is 4.60.